The van der Waals surface area contributed by atoms with Gasteiger partial charge in [-0.25, -0.2) is 0 Å². The molecule has 0 radical (unpaired) electrons. The fourth-order valence-electron chi connectivity index (χ4n) is 3.64. The topological polar surface area (TPSA) is 12.0 Å². The highest BCUT2D eigenvalue weighted by molar-refractivity contribution is 5.85. The summed E-state index contributed by atoms with van der Waals surface area (Å²) in [5.41, 5.74) is 0.903. The number of halogens is 1. The molecule has 2 aliphatic rings. The Bertz CT molecular complexity index is 202. The minimum absolute atomic E-state index is 0. The van der Waals surface area contributed by atoms with Gasteiger partial charge in [-0.15, -0.1) is 12.4 Å². The number of fused-ring (bicyclic) bond motifs is 2. The molecule has 0 aromatic rings. The fourth-order valence-corrected chi connectivity index (χ4v) is 3.64. The van der Waals surface area contributed by atoms with Crippen LogP contribution in [0.25, 0.3) is 0 Å². The number of hydrogen-bond acceptors (Lipinski definition) is 1. The molecule has 0 saturated heterocycles. The van der Waals surface area contributed by atoms with Gasteiger partial charge in [0.25, 0.3) is 0 Å². The third-order valence-electron chi connectivity index (χ3n) is 5.13. The van der Waals surface area contributed by atoms with Crippen molar-refractivity contribution < 1.29 is 0 Å². The van der Waals surface area contributed by atoms with E-state index in [1.807, 2.05) is 0 Å². The molecule has 2 bridgehead atoms. The van der Waals surface area contributed by atoms with Gasteiger partial charge < -0.3 is 5.32 Å². The lowest BCUT2D eigenvalue weighted by Gasteiger charge is -2.47. The molecule has 0 spiro atoms. The second kappa shape index (κ2) is 3.13. The standard InChI is InChI=1S/C11H21N.ClH/c1-10(2)8-5-6-9(7-8)11(10,3)12-4;/h8-9,12H,5-7H2,1-4H3;1H/t8?,9?,11-;/m0./s1. The van der Waals surface area contributed by atoms with Crippen LogP contribution in [0.2, 0.25) is 0 Å². The molecule has 2 fully saturated rings. The molecule has 0 aromatic heterocycles. The van der Waals surface area contributed by atoms with Crippen LogP contribution < -0.4 is 5.32 Å². The van der Waals surface area contributed by atoms with Crippen molar-refractivity contribution in [2.75, 3.05) is 7.05 Å². The van der Waals surface area contributed by atoms with E-state index in [4.69, 9.17) is 0 Å². The lowest BCUT2D eigenvalue weighted by molar-refractivity contribution is 0.0732. The van der Waals surface area contributed by atoms with E-state index in [2.05, 4.69) is 33.1 Å². The molecule has 2 heteroatoms. The van der Waals surface area contributed by atoms with E-state index in [0.29, 0.717) is 11.0 Å². The quantitative estimate of drug-likeness (QED) is 0.691. The van der Waals surface area contributed by atoms with Crippen molar-refractivity contribution in [2.24, 2.45) is 17.3 Å². The van der Waals surface area contributed by atoms with E-state index in [9.17, 15) is 0 Å². The van der Waals surface area contributed by atoms with Gasteiger partial charge in [-0.2, -0.15) is 0 Å². The summed E-state index contributed by atoms with van der Waals surface area (Å²) in [5.74, 6) is 1.91. The van der Waals surface area contributed by atoms with Crippen molar-refractivity contribution >= 4 is 12.4 Å². The molecule has 0 aliphatic heterocycles. The van der Waals surface area contributed by atoms with Crippen LogP contribution in [-0.2, 0) is 0 Å². The molecular formula is C11H22ClN. The van der Waals surface area contributed by atoms with Gasteiger partial charge in [0.05, 0.1) is 0 Å². The molecule has 13 heavy (non-hydrogen) atoms. The maximum absolute atomic E-state index is 3.56. The smallest absolute Gasteiger partial charge is 0.0232 e. The van der Waals surface area contributed by atoms with Gasteiger partial charge in [0.15, 0.2) is 0 Å². The van der Waals surface area contributed by atoms with Crippen LogP contribution in [-0.4, -0.2) is 12.6 Å². The lowest BCUT2D eigenvalue weighted by Crippen LogP contribution is -2.55. The van der Waals surface area contributed by atoms with Crippen molar-refractivity contribution in [1.29, 1.82) is 0 Å². The Balaban J connectivity index is 0.000000845. The summed E-state index contributed by atoms with van der Waals surface area (Å²) in [6, 6.07) is 0. The Kier molecular flexibility index (Phi) is 2.73. The second-order valence-electron chi connectivity index (χ2n) is 5.38. The summed E-state index contributed by atoms with van der Waals surface area (Å²) >= 11 is 0. The predicted octanol–water partition coefficient (Wildman–Crippen LogP) is 2.84. The molecule has 2 unspecified atom stereocenters. The van der Waals surface area contributed by atoms with Crippen molar-refractivity contribution in [3.63, 3.8) is 0 Å². The Labute approximate surface area is 88.1 Å². The molecule has 0 heterocycles. The highest BCUT2D eigenvalue weighted by atomic mass is 35.5. The second-order valence-corrected chi connectivity index (χ2v) is 5.38. The first kappa shape index (κ1) is 11.3. The molecule has 2 saturated carbocycles. The largest absolute Gasteiger partial charge is 0.314 e. The summed E-state index contributed by atoms with van der Waals surface area (Å²) in [6.45, 7) is 7.29. The highest BCUT2D eigenvalue weighted by Crippen LogP contribution is 2.60. The highest BCUT2D eigenvalue weighted by Gasteiger charge is 2.59. The Morgan fingerprint density at radius 2 is 1.62 bits per heavy atom. The summed E-state index contributed by atoms with van der Waals surface area (Å²) in [6.07, 6.45) is 4.38. The first-order valence-electron chi connectivity index (χ1n) is 5.21. The number of hydrogen-bond donors (Lipinski definition) is 1. The van der Waals surface area contributed by atoms with Crippen molar-refractivity contribution in [3.05, 3.63) is 0 Å². The van der Waals surface area contributed by atoms with Crippen LogP contribution in [0.1, 0.15) is 40.0 Å². The Morgan fingerprint density at radius 1 is 1.08 bits per heavy atom. The summed E-state index contributed by atoms with van der Waals surface area (Å²) < 4.78 is 0. The SMILES string of the molecule is CN[C@@]1(C)C2CCC(C2)C1(C)C.Cl. The van der Waals surface area contributed by atoms with E-state index in [1.165, 1.54) is 19.3 Å². The lowest BCUT2D eigenvalue weighted by atomic mass is 9.64. The van der Waals surface area contributed by atoms with Gasteiger partial charge in [-0.1, -0.05) is 13.8 Å². The van der Waals surface area contributed by atoms with Gasteiger partial charge in [0, 0.05) is 5.54 Å². The zero-order valence-electron chi connectivity index (χ0n) is 9.18. The van der Waals surface area contributed by atoms with E-state index in [0.717, 1.165) is 11.8 Å². The molecule has 1 N–H and O–H groups in total. The van der Waals surface area contributed by atoms with Crippen LogP contribution in [0, 0.1) is 17.3 Å². The normalized spacial score (nSPS) is 46.2. The zero-order chi connectivity index (χ0) is 8.98. The first-order chi connectivity index (χ1) is 5.52. The van der Waals surface area contributed by atoms with Crippen molar-refractivity contribution in [3.8, 4) is 0 Å². The van der Waals surface area contributed by atoms with Crippen LogP contribution in [0.15, 0.2) is 0 Å². The summed E-state index contributed by atoms with van der Waals surface area (Å²) in [7, 11) is 2.13. The average Bonchev–Trinajstić information content (AvgIpc) is 2.55. The van der Waals surface area contributed by atoms with E-state index in [-0.39, 0.29) is 12.4 Å². The van der Waals surface area contributed by atoms with Crippen LogP contribution >= 0.6 is 12.4 Å². The average molecular weight is 204 g/mol. The molecule has 0 aromatic carbocycles. The molecule has 0 amide bonds. The Hall–Kier alpha value is 0.250. The van der Waals surface area contributed by atoms with E-state index in [1.54, 1.807) is 0 Å². The minimum atomic E-state index is 0. The van der Waals surface area contributed by atoms with Crippen LogP contribution in [0.3, 0.4) is 0 Å². The minimum Gasteiger partial charge on any atom is -0.314 e. The van der Waals surface area contributed by atoms with Crippen LogP contribution in [0.4, 0.5) is 0 Å². The van der Waals surface area contributed by atoms with Gasteiger partial charge >= 0.3 is 0 Å². The summed E-state index contributed by atoms with van der Waals surface area (Å²) in [4.78, 5) is 0. The molecule has 78 valence electrons. The number of nitrogens with one attached hydrogen (secondary N) is 1. The third-order valence-corrected chi connectivity index (χ3v) is 5.13. The molecule has 3 atom stereocenters. The zero-order valence-corrected chi connectivity index (χ0v) is 10.0. The fraction of sp³-hybridized carbons (Fsp3) is 1.00. The molecule has 2 aliphatic carbocycles. The number of rotatable bonds is 1. The van der Waals surface area contributed by atoms with Crippen molar-refractivity contribution in [2.45, 2.75) is 45.6 Å². The maximum Gasteiger partial charge on any atom is 0.0232 e. The van der Waals surface area contributed by atoms with Gasteiger partial charge in [-0.3, -0.25) is 0 Å². The predicted molar refractivity (Wildman–Crippen MR) is 59.3 cm³/mol. The van der Waals surface area contributed by atoms with Gasteiger partial charge in [-0.05, 0) is 50.5 Å². The summed E-state index contributed by atoms with van der Waals surface area (Å²) in [5, 5.41) is 3.56. The van der Waals surface area contributed by atoms with Gasteiger partial charge in [0.1, 0.15) is 0 Å². The maximum atomic E-state index is 3.56. The molecular weight excluding hydrogens is 182 g/mol. The van der Waals surface area contributed by atoms with E-state index < -0.39 is 0 Å². The van der Waals surface area contributed by atoms with Crippen molar-refractivity contribution in [1.82, 2.24) is 5.32 Å². The molecule has 2 rings (SSSR count). The van der Waals surface area contributed by atoms with Crippen LogP contribution in [0.5, 0.6) is 0 Å². The monoisotopic (exact) mass is 203 g/mol. The van der Waals surface area contributed by atoms with E-state index >= 15 is 0 Å². The van der Waals surface area contributed by atoms with Gasteiger partial charge in [0.2, 0.25) is 0 Å². The Morgan fingerprint density at radius 3 is 1.92 bits per heavy atom. The third kappa shape index (κ3) is 1.16. The molecule has 1 nitrogen and oxygen atoms in total. The first-order valence-corrected chi connectivity index (χ1v) is 5.21.